The van der Waals surface area contributed by atoms with Crippen LogP contribution in [-0.4, -0.2) is 68.6 Å². The van der Waals surface area contributed by atoms with E-state index in [0.717, 1.165) is 71.3 Å². The fraction of sp³-hybridized carbons (Fsp3) is 0.378. The number of nitrogens with one attached hydrogen (secondary N) is 2. The van der Waals surface area contributed by atoms with E-state index in [-0.39, 0.29) is 11.6 Å². The van der Waals surface area contributed by atoms with E-state index in [1.54, 1.807) is 27.6 Å². The SMILES string of the molecule is CCn1nc(C)c(CCCCCn2nc(C)cc2C(=O)Nc2nc3c(NC)cccc3n2CCCCn2c(N)nc3cc(C(N)=O)ccc32)c1C(=O)O. The molecular weight excluding hydrogens is 676 g/mol. The Bertz CT molecular complexity index is 2310. The van der Waals surface area contributed by atoms with Crippen LogP contribution in [0.3, 0.4) is 0 Å². The van der Waals surface area contributed by atoms with Crippen LogP contribution in [0.15, 0.2) is 42.5 Å². The van der Waals surface area contributed by atoms with Crippen molar-refractivity contribution in [3.63, 3.8) is 0 Å². The molecule has 0 bridgehead atoms. The zero-order chi connectivity index (χ0) is 37.8. The lowest BCUT2D eigenvalue weighted by molar-refractivity contribution is 0.0681. The van der Waals surface area contributed by atoms with Gasteiger partial charge in [-0.3, -0.25) is 24.3 Å². The third kappa shape index (κ3) is 7.56. The van der Waals surface area contributed by atoms with Gasteiger partial charge in [-0.25, -0.2) is 14.8 Å². The van der Waals surface area contributed by atoms with Gasteiger partial charge in [0.2, 0.25) is 17.8 Å². The first-order valence-corrected chi connectivity index (χ1v) is 17.9. The molecule has 6 aromatic rings. The third-order valence-electron chi connectivity index (χ3n) is 9.53. The Morgan fingerprint density at radius 3 is 2.34 bits per heavy atom. The molecule has 16 nitrogen and oxygen atoms in total. The van der Waals surface area contributed by atoms with Gasteiger partial charge in [0.25, 0.3) is 5.91 Å². The maximum absolute atomic E-state index is 13.8. The molecule has 0 radical (unpaired) electrons. The van der Waals surface area contributed by atoms with Crippen molar-refractivity contribution in [3.8, 4) is 0 Å². The molecule has 0 spiro atoms. The summed E-state index contributed by atoms with van der Waals surface area (Å²) >= 11 is 0. The minimum atomic E-state index is -0.961. The van der Waals surface area contributed by atoms with Crippen molar-refractivity contribution in [2.75, 3.05) is 23.4 Å². The standard InChI is InChI=1S/C37H46N12O4/c1-5-48-32(35(52)53)25(23(3)45-48)12-7-6-8-19-49-30(20-22(2)44-49)34(51)43-37-42-31-26(40-4)13-11-14-29(31)47(37)18-10-9-17-46-28-16-15-24(33(38)50)21-27(28)41-36(46)39/h11,13-16,20-21,40H,5-10,12,17-19H2,1-4H3,(H2,38,50)(H2,39,41)(H,52,53)(H,42,43,51). The van der Waals surface area contributed by atoms with E-state index in [4.69, 9.17) is 16.5 Å². The summed E-state index contributed by atoms with van der Waals surface area (Å²) in [5, 5.41) is 25.0. The number of hydrogen-bond donors (Lipinski definition) is 5. The normalized spacial score (nSPS) is 11.5. The van der Waals surface area contributed by atoms with Gasteiger partial charge in [0.15, 0.2) is 0 Å². The number of carbonyl (C=O) groups is 3. The van der Waals surface area contributed by atoms with Gasteiger partial charge in [-0.1, -0.05) is 12.5 Å². The highest BCUT2D eigenvalue weighted by atomic mass is 16.4. The molecule has 0 atom stereocenters. The van der Waals surface area contributed by atoms with Gasteiger partial charge in [-0.15, -0.1) is 0 Å². The molecule has 2 aromatic carbocycles. The van der Waals surface area contributed by atoms with E-state index in [2.05, 4.69) is 25.8 Å². The number of primary amides is 1. The summed E-state index contributed by atoms with van der Waals surface area (Å²) in [6.07, 6.45) is 4.51. The highest BCUT2D eigenvalue weighted by Crippen LogP contribution is 2.28. The largest absolute Gasteiger partial charge is 0.477 e. The number of aromatic carboxylic acids is 1. The molecule has 53 heavy (non-hydrogen) atoms. The molecule has 2 amide bonds. The van der Waals surface area contributed by atoms with Crippen LogP contribution in [0.5, 0.6) is 0 Å². The van der Waals surface area contributed by atoms with Crippen molar-refractivity contribution in [2.24, 2.45) is 5.73 Å². The van der Waals surface area contributed by atoms with Crippen LogP contribution in [-0.2, 0) is 32.6 Å². The quantitative estimate of drug-likeness (QED) is 0.0795. The summed E-state index contributed by atoms with van der Waals surface area (Å²) < 4.78 is 7.21. The maximum Gasteiger partial charge on any atom is 0.354 e. The van der Waals surface area contributed by atoms with E-state index >= 15 is 0 Å². The summed E-state index contributed by atoms with van der Waals surface area (Å²) in [7, 11) is 1.84. The number of para-hydroxylation sites is 1. The van der Waals surface area contributed by atoms with Crippen molar-refractivity contribution in [1.29, 1.82) is 0 Å². The molecule has 0 saturated heterocycles. The number of nitrogen functional groups attached to an aromatic ring is 1. The number of fused-ring (bicyclic) bond motifs is 2. The minimum absolute atomic E-state index is 0.261. The van der Waals surface area contributed by atoms with Crippen molar-refractivity contribution in [2.45, 2.75) is 85.5 Å². The van der Waals surface area contributed by atoms with Crippen LogP contribution < -0.4 is 22.1 Å². The number of carboxylic acid groups (broad SMARTS) is 1. The first kappa shape index (κ1) is 36.6. The Morgan fingerprint density at radius 2 is 1.62 bits per heavy atom. The Labute approximate surface area is 306 Å². The number of unbranched alkanes of at least 4 members (excludes halogenated alkanes) is 3. The predicted molar refractivity (Wildman–Crippen MR) is 203 cm³/mol. The Morgan fingerprint density at radius 1 is 0.868 bits per heavy atom. The van der Waals surface area contributed by atoms with Crippen molar-refractivity contribution >= 4 is 57.4 Å². The molecule has 0 unspecified atom stereocenters. The van der Waals surface area contributed by atoms with Crippen LogP contribution in [0.2, 0.25) is 0 Å². The molecule has 4 heterocycles. The van der Waals surface area contributed by atoms with E-state index in [0.29, 0.717) is 61.3 Å². The van der Waals surface area contributed by atoms with Gasteiger partial charge in [0.05, 0.1) is 33.6 Å². The molecule has 0 saturated carbocycles. The number of imidazole rings is 2. The Hall–Kier alpha value is -6.19. The summed E-state index contributed by atoms with van der Waals surface area (Å²) in [5.74, 6) is -0.999. The summed E-state index contributed by atoms with van der Waals surface area (Å²) in [4.78, 5) is 46.6. The van der Waals surface area contributed by atoms with Crippen molar-refractivity contribution < 1.29 is 19.5 Å². The second-order valence-electron chi connectivity index (χ2n) is 13.1. The summed E-state index contributed by atoms with van der Waals surface area (Å²) in [6.45, 7) is 7.81. The lowest BCUT2D eigenvalue weighted by atomic mass is 10.0. The number of anilines is 3. The molecule has 6 rings (SSSR count). The highest BCUT2D eigenvalue weighted by Gasteiger charge is 2.22. The number of nitrogens with zero attached hydrogens (tertiary/aromatic N) is 8. The topological polar surface area (TPSA) is 219 Å². The zero-order valence-electron chi connectivity index (χ0n) is 30.5. The lowest BCUT2D eigenvalue weighted by Crippen LogP contribution is -2.20. The Kier molecular flexibility index (Phi) is 10.8. The fourth-order valence-electron chi connectivity index (χ4n) is 6.94. The van der Waals surface area contributed by atoms with E-state index < -0.39 is 11.9 Å². The van der Waals surface area contributed by atoms with Gasteiger partial charge in [-0.2, -0.15) is 10.2 Å². The van der Waals surface area contributed by atoms with Crippen LogP contribution in [0.4, 0.5) is 17.6 Å². The molecule has 278 valence electrons. The van der Waals surface area contributed by atoms with E-state index in [1.165, 1.54) is 0 Å². The number of hydrogen-bond acceptors (Lipinski definition) is 9. The number of carbonyl (C=O) groups excluding carboxylic acids is 2. The van der Waals surface area contributed by atoms with Gasteiger partial charge >= 0.3 is 5.97 Å². The van der Waals surface area contributed by atoms with Crippen molar-refractivity contribution in [3.05, 3.63) is 76.4 Å². The molecular formula is C37H46N12O4. The van der Waals surface area contributed by atoms with Crippen LogP contribution in [0.1, 0.15) is 87.3 Å². The van der Waals surface area contributed by atoms with E-state index in [1.807, 2.05) is 61.2 Å². The third-order valence-corrected chi connectivity index (χ3v) is 9.53. The van der Waals surface area contributed by atoms with Crippen LogP contribution >= 0.6 is 0 Å². The fourth-order valence-corrected chi connectivity index (χ4v) is 6.94. The predicted octanol–water partition coefficient (Wildman–Crippen LogP) is 4.98. The van der Waals surface area contributed by atoms with E-state index in [9.17, 15) is 19.5 Å². The number of benzene rings is 2. The van der Waals surface area contributed by atoms with Gasteiger partial charge < -0.3 is 31.0 Å². The molecule has 0 aliphatic heterocycles. The monoisotopic (exact) mass is 722 g/mol. The first-order valence-electron chi connectivity index (χ1n) is 17.9. The van der Waals surface area contributed by atoms with Crippen LogP contribution in [0, 0.1) is 13.8 Å². The molecule has 0 aliphatic carbocycles. The smallest absolute Gasteiger partial charge is 0.354 e. The van der Waals surface area contributed by atoms with Gasteiger partial charge in [0, 0.05) is 44.4 Å². The molecule has 0 aliphatic rings. The summed E-state index contributed by atoms with van der Waals surface area (Å²) in [6, 6.07) is 12.8. The summed E-state index contributed by atoms with van der Waals surface area (Å²) in [5.41, 5.74) is 18.9. The molecule has 7 N–H and O–H groups in total. The Balaban J connectivity index is 1.12. The number of rotatable bonds is 17. The maximum atomic E-state index is 13.8. The average Bonchev–Trinajstić information content (AvgIpc) is 3.86. The second kappa shape index (κ2) is 15.6. The number of amides is 2. The van der Waals surface area contributed by atoms with Gasteiger partial charge in [-0.05, 0) is 89.3 Å². The zero-order valence-corrected chi connectivity index (χ0v) is 30.5. The van der Waals surface area contributed by atoms with Gasteiger partial charge in [0.1, 0.15) is 16.9 Å². The number of aromatic nitrogens is 8. The lowest BCUT2D eigenvalue weighted by Gasteiger charge is -2.12. The molecule has 0 fully saturated rings. The number of nitrogens with two attached hydrogens (primary N) is 2. The first-order chi connectivity index (χ1) is 25.5. The number of carboxylic acids is 1. The number of aryl methyl sites for hydroxylation is 6. The van der Waals surface area contributed by atoms with Crippen molar-refractivity contribution in [1.82, 2.24) is 38.7 Å². The minimum Gasteiger partial charge on any atom is -0.477 e. The molecule has 16 heteroatoms. The second-order valence-corrected chi connectivity index (χ2v) is 13.1. The molecule has 4 aromatic heterocycles. The highest BCUT2D eigenvalue weighted by molar-refractivity contribution is 6.03. The average molecular weight is 723 g/mol. The van der Waals surface area contributed by atoms with Crippen LogP contribution in [0.25, 0.3) is 22.1 Å².